The van der Waals surface area contributed by atoms with E-state index in [0.717, 1.165) is 11.3 Å². The minimum Gasteiger partial charge on any atom is -0.490 e. The summed E-state index contributed by atoms with van der Waals surface area (Å²) in [5.41, 5.74) is 1.95. The minimum absolute atomic E-state index is 0.0733. The maximum absolute atomic E-state index is 12.7. The van der Waals surface area contributed by atoms with Crippen LogP contribution in [-0.2, 0) is 16.4 Å². The van der Waals surface area contributed by atoms with E-state index in [4.69, 9.17) is 21.7 Å². The molecule has 0 aliphatic carbocycles. The van der Waals surface area contributed by atoms with E-state index in [0.29, 0.717) is 36.6 Å². The standard InChI is InChI=1S/C30H29N3O5S2/c34-29(24-10-7-13-27(22-24)38-21-20-37-26-11-5-2-6-12-26)33-30(39)32-25-14-16-28(17-15-25)40(35,36)31-19-18-23-8-3-1-4-9-23/h1-17,22,31H,18-21H2,(H2,32,33,34,39). The average Bonchev–Trinajstić information content (AvgIpc) is 2.97. The molecule has 0 saturated carbocycles. The van der Waals surface area contributed by atoms with Gasteiger partial charge in [0.25, 0.3) is 5.91 Å². The molecule has 0 unspecified atom stereocenters. The third-order valence-corrected chi connectivity index (χ3v) is 7.34. The van der Waals surface area contributed by atoms with Crippen molar-refractivity contribution in [3.8, 4) is 11.5 Å². The number of sulfonamides is 1. The van der Waals surface area contributed by atoms with Gasteiger partial charge in [-0.2, -0.15) is 0 Å². The van der Waals surface area contributed by atoms with E-state index in [1.165, 1.54) is 12.1 Å². The Labute approximate surface area is 239 Å². The lowest BCUT2D eigenvalue weighted by atomic mass is 10.2. The summed E-state index contributed by atoms with van der Waals surface area (Å²) in [4.78, 5) is 12.8. The lowest BCUT2D eigenvalue weighted by molar-refractivity contribution is 0.0977. The number of ether oxygens (including phenoxy) is 2. The average molecular weight is 576 g/mol. The molecule has 8 nitrogen and oxygen atoms in total. The quantitative estimate of drug-likeness (QED) is 0.165. The van der Waals surface area contributed by atoms with Crippen LogP contribution in [0.15, 0.2) is 114 Å². The Balaban J connectivity index is 1.23. The van der Waals surface area contributed by atoms with Gasteiger partial charge in [-0.3, -0.25) is 10.1 Å². The molecule has 0 spiro atoms. The zero-order valence-corrected chi connectivity index (χ0v) is 23.2. The number of para-hydroxylation sites is 1. The number of amides is 1. The van der Waals surface area contributed by atoms with Gasteiger partial charge in [0.15, 0.2) is 5.11 Å². The van der Waals surface area contributed by atoms with E-state index in [9.17, 15) is 13.2 Å². The molecule has 4 rings (SSSR count). The Morgan fingerprint density at radius 2 is 1.38 bits per heavy atom. The summed E-state index contributed by atoms with van der Waals surface area (Å²) in [6.45, 7) is 0.961. The Kier molecular flexibility index (Phi) is 10.2. The van der Waals surface area contributed by atoms with E-state index in [2.05, 4.69) is 15.4 Å². The highest BCUT2D eigenvalue weighted by Crippen LogP contribution is 2.16. The SMILES string of the molecule is O=C(NC(=S)Nc1ccc(S(=O)(=O)NCCc2ccccc2)cc1)c1cccc(OCCOc2ccccc2)c1. The maximum Gasteiger partial charge on any atom is 0.257 e. The number of benzene rings is 4. The van der Waals surface area contributed by atoms with E-state index in [1.807, 2.05) is 60.7 Å². The maximum atomic E-state index is 12.7. The molecule has 10 heteroatoms. The molecular formula is C30H29N3O5S2. The number of carbonyl (C=O) groups is 1. The third kappa shape index (κ3) is 8.91. The van der Waals surface area contributed by atoms with Crippen LogP contribution in [0.2, 0.25) is 0 Å². The van der Waals surface area contributed by atoms with E-state index < -0.39 is 15.9 Å². The first-order valence-corrected chi connectivity index (χ1v) is 14.4. The van der Waals surface area contributed by atoms with Crippen LogP contribution >= 0.6 is 12.2 Å². The first kappa shape index (κ1) is 28.8. The summed E-state index contributed by atoms with van der Waals surface area (Å²) in [5.74, 6) is 0.870. The highest BCUT2D eigenvalue weighted by atomic mass is 32.2. The van der Waals surface area contributed by atoms with E-state index >= 15 is 0 Å². The molecule has 1 amide bonds. The molecule has 0 heterocycles. The number of hydrogen-bond donors (Lipinski definition) is 3. The molecule has 4 aromatic rings. The fraction of sp³-hybridized carbons (Fsp3) is 0.133. The molecule has 0 aliphatic rings. The van der Waals surface area contributed by atoms with E-state index in [1.54, 1.807) is 36.4 Å². The van der Waals surface area contributed by atoms with Crippen molar-refractivity contribution in [2.75, 3.05) is 25.1 Å². The highest BCUT2D eigenvalue weighted by Gasteiger charge is 2.14. The summed E-state index contributed by atoms with van der Waals surface area (Å²) in [7, 11) is -3.66. The molecule has 0 radical (unpaired) electrons. The second kappa shape index (κ2) is 14.2. The van der Waals surface area contributed by atoms with Gasteiger partial charge in [-0.15, -0.1) is 0 Å². The second-order valence-electron chi connectivity index (χ2n) is 8.60. The number of thiocarbonyl (C=S) groups is 1. The van der Waals surface area contributed by atoms with Crippen molar-refractivity contribution in [3.05, 3.63) is 120 Å². The zero-order chi connectivity index (χ0) is 28.2. The van der Waals surface area contributed by atoms with Gasteiger partial charge < -0.3 is 14.8 Å². The van der Waals surface area contributed by atoms with Crippen molar-refractivity contribution in [2.45, 2.75) is 11.3 Å². The Morgan fingerprint density at radius 3 is 2.08 bits per heavy atom. The van der Waals surface area contributed by atoms with Crippen molar-refractivity contribution >= 4 is 38.9 Å². The summed E-state index contributed by atoms with van der Waals surface area (Å²) in [5, 5.41) is 5.59. The molecule has 206 valence electrons. The minimum atomic E-state index is -3.66. The van der Waals surface area contributed by atoms with Crippen molar-refractivity contribution < 1.29 is 22.7 Å². The first-order chi connectivity index (χ1) is 19.4. The Morgan fingerprint density at radius 1 is 0.750 bits per heavy atom. The predicted octanol–water partition coefficient (Wildman–Crippen LogP) is 4.79. The topological polar surface area (TPSA) is 106 Å². The second-order valence-corrected chi connectivity index (χ2v) is 10.8. The van der Waals surface area contributed by atoms with Crippen LogP contribution in [0.1, 0.15) is 15.9 Å². The molecule has 0 aromatic heterocycles. The molecule has 0 aliphatic heterocycles. The number of anilines is 1. The fourth-order valence-electron chi connectivity index (χ4n) is 3.68. The van der Waals surface area contributed by atoms with Gasteiger partial charge in [0.05, 0.1) is 4.90 Å². The van der Waals surface area contributed by atoms with Crippen molar-refractivity contribution in [1.82, 2.24) is 10.0 Å². The zero-order valence-electron chi connectivity index (χ0n) is 21.6. The lowest BCUT2D eigenvalue weighted by Gasteiger charge is -2.12. The molecule has 0 fully saturated rings. The number of nitrogens with one attached hydrogen (secondary N) is 3. The van der Waals surface area contributed by atoms with Gasteiger partial charge in [-0.25, -0.2) is 13.1 Å². The molecule has 3 N–H and O–H groups in total. The number of rotatable bonds is 12. The molecule has 0 saturated heterocycles. The van der Waals surface area contributed by atoms with Crippen molar-refractivity contribution in [1.29, 1.82) is 0 Å². The molecule has 40 heavy (non-hydrogen) atoms. The van der Waals surface area contributed by atoms with Crippen LogP contribution in [-0.4, -0.2) is 39.2 Å². The molecule has 4 aromatic carbocycles. The molecular weight excluding hydrogens is 546 g/mol. The van der Waals surface area contributed by atoms with Crippen molar-refractivity contribution in [3.63, 3.8) is 0 Å². The monoisotopic (exact) mass is 575 g/mol. The van der Waals surface area contributed by atoms with Crippen LogP contribution in [0, 0.1) is 0 Å². The van der Waals surface area contributed by atoms with E-state index in [-0.39, 0.29) is 16.6 Å². The highest BCUT2D eigenvalue weighted by molar-refractivity contribution is 7.89. The van der Waals surface area contributed by atoms with Crippen LogP contribution in [0.3, 0.4) is 0 Å². The fourth-order valence-corrected chi connectivity index (χ4v) is 4.92. The Bertz CT molecular complexity index is 1510. The van der Waals surface area contributed by atoms with Gasteiger partial charge in [0.1, 0.15) is 24.7 Å². The van der Waals surface area contributed by atoms with Gasteiger partial charge in [-0.1, -0.05) is 54.6 Å². The first-order valence-electron chi connectivity index (χ1n) is 12.6. The smallest absolute Gasteiger partial charge is 0.257 e. The predicted molar refractivity (Wildman–Crippen MR) is 159 cm³/mol. The molecule has 0 atom stereocenters. The normalized spacial score (nSPS) is 10.9. The largest absolute Gasteiger partial charge is 0.490 e. The lowest BCUT2D eigenvalue weighted by Crippen LogP contribution is -2.34. The Hall–Kier alpha value is -4.25. The van der Waals surface area contributed by atoms with Gasteiger partial charge in [0.2, 0.25) is 10.0 Å². The van der Waals surface area contributed by atoms with Gasteiger partial charge >= 0.3 is 0 Å². The van der Waals surface area contributed by atoms with Crippen LogP contribution < -0.4 is 24.8 Å². The van der Waals surface area contributed by atoms with Crippen LogP contribution in [0.5, 0.6) is 11.5 Å². The third-order valence-electron chi connectivity index (χ3n) is 5.66. The summed E-state index contributed by atoms with van der Waals surface area (Å²) >= 11 is 5.27. The van der Waals surface area contributed by atoms with Crippen LogP contribution in [0.4, 0.5) is 5.69 Å². The van der Waals surface area contributed by atoms with Crippen molar-refractivity contribution in [2.24, 2.45) is 0 Å². The number of carbonyl (C=O) groups excluding carboxylic acids is 1. The summed E-state index contributed by atoms with van der Waals surface area (Å²) in [6, 6.07) is 31.9. The molecule has 0 bridgehead atoms. The summed E-state index contributed by atoms with van der Waals surface area (Å²) < 4.78 is 39.1. The number of hydrogen-bond acceptors (Lipinski definition) is 6. The van der Waals surface area contributed by atoms with Crippen LogP contribution in [0.25, 0.3) is 0 Å². The van der Waals surface area contributed by atoms with Gasteiger partial charge in [0, 0.05) is 17.8 Å². The summed E-state index contributed by atoms with van der Waals surface area (Å²) in [6.07, 6.45) is 0.589. The van der Waals surface area contributed by atoms with Gasteiger partial charge in [-0.05, 0) is 78.8 Å².